The number of carbonyl (C=O) groups excluding carboxylic acids is 1. The number of carbonyl (C=O) groups is 1. The molecule has 92 valence electrons. The van der Waals surface area contributed by atoms with Gasteiger partial charge in [-0.1, -0.05) is 0 Å². The van der Waals surface area contributed by atoms with Gasteiger partial charge in [0.25, 0.3) is 0 Å². The Balaban J connectivity index is 2.03. The lowest BCUT2D eigenvalue weighted by atomic mass is 10.0. The molecule has 0 aromatic heterocycles. The minimum absolute atomic E-state index is 0.619. The summed E-state index contributed by atoms with van der Waals surface area (Å²) < 4.78 is 0. The Morgan fingerprint density at radius 3 is 2.35 bits per heavy atom. The van der Waals surface area contributed by atoms with Crippen molar-refractivity contribution < 1.29 is 4.79 Å². The van der Waals surface area contributed by atoms with Crippen molar-refractivity contribution in [2.45, 2.75) is 18.9 Å². The quantitative estimate of drug-likeness (QED) is 0.745. The standard InChI is InChI=1S/C14H20N2O/c1-15-9-7-14(8-10-15)16(2)13-5-3-12(11-17)4-6-13/h3-6,11,14H,7-10H2,1-2H3. The molecule has 1 aliphatic heterocycles. The predicted molar refractivity (Wildman–Crippen MR) is 70.8 cm³/mol. The molecule has 0 amide bonds. The first-order chi connectivity index (χ1) is 8.20. The Bertz CT molecular complexity index is 366. The lowest BCUT2D eigenvalue weighted by Crippen LogP contribution is -2.41. The van der Waals surface area contributed by atoms with Crippen LogP contribution in [0.1, 0.15) is 23.2 Å². The third kappa shape index (κ3) is 2.86. The number of anilines is 1. The monoisotopic (exact) mass is 232 g/mol. The van der Waals surface area contributed by atoms with Crippen molar-refractivity contribution in [2.75, 3.05) is 32.1 Å². The highest BCUT2D eigenvalue weighted by atomic mass is 16.1. The molecule has 3 heteroatoms. The average Bonchev–Trinajstić information content (AvgIpc) is 2.39. The summed E-state index contributed by atoms with van der Waals surface area (Å²) >= 11 is 0. The molecule has 0 unspecified atom stereocenters. The van der Waals surface area contributed by atoms with Gasteiger partial charge >= 0.3 is 0 Å². The summed E-state index contributed by atoms with van der Waals surface area (Å²) in [5, 5.41) is 0. The van der Waals surface area contributed by atoms with Gasteiger partial charge in [-0.2, -0.15) is 0 Å². The summed E-state index contributed by atoms with van der Waals surface area (Å²) in [4.78, 5) is 15.3. The fourth-order valence-corrected chi connectivity index (χ4v) is 2.38. The molecule has 0 atom stereocenters. The molecule has 1 aromatic rings. The van der Waals surface area contributed by atoms with Crippen LogP contribution in [0.15, 0.2) is 24.3 Å². The van der Waals surface area contributed by atoms with E-state index in [-0.39, 0.29) is 0 Å². The number of hydrogen-bond donors (Lipinski definition) is 0. The highest BCUT2D eigenvalue weighted by molar-refractivity contribution is 5.75. The van der Waals surface area contributed by atoms with Gasteiger partial charge < -0.3 is 9.80 Å². The third-order valence-corrected chi connectivity index (χ3v) is 3.67. The minimum atomic E-state index is 0.619. The number of rotatable bonds is 3. The van der Waals surface area contributed by atoms with Gasteiger partial charge in [-0.25, -0.2) is 0 Å². The maximum Gasteiger partial charge on any atom is 0.150 e. The van der Waals surface area contributed by atoms with E-state index in [1.165, 1.54) is 31.6 Å². The van der Waals surface area contributed by atoms with Crippen LogP contribution in [-0.2, 0) is 0 Å². The van der Waals surface area contributed by atoms with Crippen molar-refractivity contribution in [3.8, 4) is 0 Å². The van der Waals surface area contributed by atoms with Crippen LogP contribution < -0.4 is 4.90 Å². The lowest BCUT2D eigenvalue weighted by molar-refractivity contribution is 0.112. The van der Waals surface area contributed by atoms with E-state index in [1.807, 2.05) is 24.3 Å². The SMILES string of the molecule is CN1CCC(N(C)c2ccc(C=O)cc2)CC1. The molecule has 0 aliphatic carbocycles. The van der Waals surface area contributed by atoms with Crippen molar-refractivity contribution in [1.82, 2.24) is 4.90 Å². The molecule has 0 N–H and O–H groups in total. The molecule has 3 nitrogen and oxygen atoms in total. The first-order valence-electron chi connectivity index (χ1n) is 6.17. The predicted octanol–water partition coefficient (Wildman–Crippen LogP) is 2.03. The Morgan fingerprint density at radius 1 is 1.24 bits per heavy atom. The largest absolute Gasteiger partial charge is 0.372 e. The fraction of sp³-hybridized carbons (Fsp3) is 0.500. The zero-order valence-electron chi connectivity index (χ0n) is 10.6. The number of aldehydes is 1. The second-order valence-electron chi connectivity index (χ2n) is 4.85. The van der Waals surface area contributed by atoms with Gasteiger partial charge in [-0.05, 0) is 57.2 Å². The van der Waals surface area contributed by atoms with Gasteiger partial charge in [0.15, 0.2) is 0 Å². The van der Waals surface area contributed by atoms with Gasteiger partial charge in [-0.3, -0.25) is 4.79 Å². The van der Waals surface area contributed by atoms with Crippen LogP contribution in [0.2, 0.25) is 0 Å². The van der Waals surface area contributed by atoms with Crippen molar-refractivity contribution in [3.05, 3.63) is 29.8 Å². The Hall–Kier alpha value is -1.35. The molecular formula is C14H20N2O. The van der Waals surface area contributed by atoms with E-state index in [0.29, 0.717) is 6.04 Å². The lowest BCUT2D eigenvalue weighted by Gasteiger charge is -2.36. The van der Waals surface area contributed by atoms with Crippen LogP contribution in [0.5, 0.6) is 0 Å². The van der Waals surface area contributed by atoms with Crippen LogP contribution >= 0.6 is 0 Å². The van der Waals surface area contributed by atoms with Gasteiger partial charge in [0, 0.05) is 24.3 Å². The van der Waals surface area contributed by atoms with E-state index in [2.05, 4.69) is 23.9 Å². The fourth-order valence-electron chi connectivity index (χ4n) is 2.38. The van der Waals surface area contributed by atoms with Crippen LogP contribution in [0, 0.1) is 0 Å². The van der Waals surface area contributed by atoms with Crippen molar-refractivity contribution in [3.63, 3.8) is 0 Å². The van der Waals surface area contributed by atoms with E-state index >= 15 is 0 Å². The first-order valence-corrected chi connectivity index (χ1v) is 6.17. The maximum atomic E-state index is 10.6. The van der Waals surface area contributed by atoms with E-state index in [1.54, 1.807) is 0 Å². The van der Waals surface area contributed by atoms with Crippen molar-refractivity contribution in [2.24, 2.45) is 0 Å². The van der Waals surface area contributed by atoms with Crippen molar-refractivity contribution >= 4 is 12.0 Å². The number of piperidine rings is 1. The number of nitrogens with zero attached hydrogens (tertiary/aromatic N) is 2. The topological polar surface area (TPSA) is 23.6 Å². The molecule has 1 aliphatic rings. The molecular weight excluding hydrogens is 212 g/mol. The summed E-state index contributed by atoms with van der Waals surface area (Å²) in [6.45, 7) is 2.34. The Labute approximate surface area is 103 Å². The molecule has 0 spiro atoms. The smallest absolute Gasteiger partial charge is 0.150 e. The maximum absolute atomic E-state index is 10.6. The molecule has 0 saturated carbocycles. The zero-order valence-corrected chi connectivity index (χ0v) is 10.6. The summed E-state index contributed by atoms with van der Waals surface area (Å²) in [6, 6.07) is 8.44. The van der Waals surface area contributed by atoms with Gasteiger partial charge in [0.2, 0.25) is 0 Å². The van der Waals surface area contributed by atoms with Crippen LogP contribution in [0.3, 0.4) is 0 Å². The summed E-state index contributed by atoms with van der Waals surface area (Å²) in [5.41, 5.74) is 1.94. The Kier molecular flexibility index (Phi) is 3.79. The highest BCUT2D eigenvalue weighted by Gasteiger charge is 2.20. The molecule has 1 fully saturated rings. The second-order valence-corrected chi connectivity index (χ2v) is 4.85. The molecule has 2 rings (SSSR count). The molecule has 1 saturated heterocycles. The summed E-state index contributed by atoms with van der Waals surface area (Å²) in [5.74, 6) is 0. The highest BCUT2D eigenvalue weighted by Crippen LogP contribution is 2.21. The zero-order chi connectivity index (χ0) is 12.3. The van der Waals surface area contributed by atoms with Crippen molar-refractivity contribution in [1.29, 1.82) is 0 Å². The van der Waals surface area contributed by atoms with Gasteiger partial charge in [0.05, 0.1) is 0 Å². The van der Waals surface area contributed by atoms with Crippen LogP contribution in [-0.4, -0.2) is 44.4 Å². The molecule has 1 aromatic carbocycles. The Morgan fingerprint density at radius 2 is 1.82 bits per heavy atom. The van der Waals surface area contributed by atoms with Gasteiger partial charge in [0.1, 0.15) is 6.29 Å². The second kappa shape index (κ2) is 5.32. The summed E-state index contributed by atoms with van der Waals surface area (Å²) in [6.07, 6.45) is 3.31. The molecule has 0 radical (unpaired) electrons. The van der Waals surface area contributed by atoms with E-state index < -0.39 is 0 Å². The average molecular weight is 232 g/mol. The molecule has 1 heterocycles. The first kappa shape index (κ1) is 12.1. The number of likely N-dealkylation sites (tertiary alicyclic amines) is 1. The number of hydrogen-bond acceptors (Lipinski definition) is 3. The van der Waals surface area contributed by atoms with E-state index in [0.717, 1.165) is 11.8 Å². The van der Waals surface area contributed by atoms with E-state index in [4.69, 9.17) is 0 Å². The molecule has 17 heavy (non-hydrogen) atoms. The summed E-state index contributed by atoms with van der Waals surface area (Å²) in [7, 11) is 4.32. The van der Waals surface area contributed by atoms with E-state index in [9.17, 15) is 4.79 Å². The van der Waals surface area contributed by atoms with Crippen LogP contribution in [0.4, 0.5) is 5.69 Å². The normalized spacial score (nSPS) is 18.0. The third-order valence-electron chi connectivity index (χ3n) is 3.67. The number of benzene rings is 1. The molecule has 0 bridgehead atoms. The van der Waals surface area contributed by atoms with Gasteiger partial charge in [-0.15, -0.1) is 0 Å². The van der Waals surface area contributed by atoms with Crippen LogP contribution in [0.25, 0.3) is 0 Å². The minimum Gasteiger partial charge on any atom is -0.372 e.